The molecule has 3 rings (SSSR count). The van der Waals surface area contributed by atoms with Crippen molar-refractivity contribution in [3.05, 3.63) is 77.5 Å². The summed E-state index contributed by atoms with van der Waals surface area (Å²) in [6, 6.07) is 16.9. The van der Waals surface area contributed by atoms with Crippen molar-refractivity contribution in [3.8, 4) is 5.75 Å². The number of ether oxygens (including phenoxy) is 1. The van der Waals surface area contributed by atoms with Gasteiger partial charge in [0, 0.05) is 19.2 Å². The highest BCUT2D eigenvalue weighted by atomic mass is 16.5. The number of amides is 2. The molecule has 0 aliphatic carbocycles. The van der Waals surface area contributed by atoms with Crippen molar-refractivity contribution < 1.29 is 14.3 Å². The predicted molar refractivity (Wildman–Crippen MR) is 115 cm³/mol. The van der Waals surface area contributed by atoms with Crippen LogP contribution in [0.5, 0.6) is 5.75 Å². The molecule has 29 heavy (non-hydrogen) atoms. The number of methoxy groups -OCH3 is 1. The zero-order valence-electron chi connectivity index (χ0n) is 16.6. The molecule has 0 aromatic heterocycles. The highest BCUT2D eigenvalue weighted by molar-refractivity contribution is 6.04. The standard InChI is InChI=1S/C24H26N2O3/c1-29-21-13-10-20(11-14-21)18-22(24(28)26-16-6-3-7-17-26)25-23(27)15-12-19-8-4-2-5-9-19/h2,4-5,8-15,18H,3,6-7,16-17H2,1H3,(H,25,27). The molecular formula is C24H26N2O3. The maximum atomic E-state index is 13.0. The van der Waals surface area contributed by atoms with Crippen LogP contribution in [0.3, 0.4) is 0 Å². The molecule has 150 valence electrons. The Labute approximate surface area is 171 Å². The van der Waals surface area contributed by atoms with E-state index in [1.165, 1.54) is 6.08 Å². The zero-order chi connectivity index (χ0) is 20.5. The summed E-state index contributed by atoms with van der Waals surface area (Å²) in [5.41, 5.74) is 2.02. The van der Waals surface area contributed by atoms with Gasteiger partial charge >= 0.3 is 0 Å². The van der Waals surface area contributed by atoms with Gasteiger partial charge in [-0.2, -0.15) is 0 Å². The van der Waals surface area contributed by atoms with Crippen molar-refractivity contribution in [1.29, 1.82) is 0 Å². The van der Waals surface area contributed by atoms with Crippen LogP contribution in [0.25, 0.3) is 12.2 Å². The molecular weight excluding hydrogens is 364 g/mol. The van der Waals surface area contributed by atoms with E-state index >= 15 is 0 Å². The van der Waals surface area contributed by atoms with Gasteiger partial charge in [-0.15, -0.1) is 0 Å². The summed E-state index contributed by atoms with van der Waals surface area (Å²) in [5, 5.41) is 2.77. The lowest BCUT2D eigenvalue weighted by Crippen LogP contribution is -2.40. The number of piperidine rings is 1. The van der Waals surface area contributed by atoms with Crippen LogP contribution in [0.15, 0.2) is 66.4 Å². The second-order valence-corrected chi connectivity index (χ2v) is 6.92. The number of carbonyl (C=O) groups excluding carboxylic acids is 2. The van der Waals surface area contributed by atoms with Crippen molar-refractivity contribution in [3.63, 3.8) is 0 Å². The summed E-state index contributed by atoms with van der Waals surface area (Å²) >= 11 is 0. The Morgan fingerprint density at radius 3 is 2.28 bits per heavy atom. The van der Waals surface area contributed by atoms with Gasteiger partial charge in [0.15, 0.2) is 0 Å². The quantitative estimate of drug-likeness (QED) is 0.762. The lowest BCUT2D eigenvalue weighted by atomic mass is 10.1. The minimum absolute atomic E-state index is 0.151. The van der Waals surface area contributed by atoms with Crippen molar-refractivity contribution in [2.45, 2.75) is 19.3 Å². The number of likely N-dealkylation sites (tertiary alicyclic amines) is 1. The maximum absolute atomic E-state index is 13.0. The van der Waals surface area contributed by atoms with E-state index in [0.717, 1.165) is 36.1 Å². The van der Waals surface area contributed by atoms with E-state index in [9.17, 15) is 9.59 Å². The van der Waals surface area contributed by atoms with E-state index < -0.39 is 0 Å². The highest BCUT2D eigenvalue weighted by Crippen LogP contribution is 2.16. The molecule has 2 aromatic rings. The van der Waals surface area contributed by atoms with E-state index in [1.54, 1.807) is 24.2 Å². The Balaban J connectivity index is 1.79. The molecule has 0 saturated carbocycles. The summed E-state index contributed by atoms with van der Waals surface area (Å²) in [6.45, 7) is 1.43. The first-order chi connectivity index (χ1) is 14.2. The monoisotopic (exact) mass is 390 g/mol. The Morgan fingerprint density at radius 2 is 1.62 bits per heavy atom. The van der Waals surface area contributed by atoms with E-state index in [1.807, 2.05) is 54.6 Å². The molecule has 5 nitrogen and oxygen atoms in total. The Hall–Kier alpha value is -3.34. The normalized spacial score (nSPS) is 14.7. The summed E-state index contributed by atoms with van der Waals surface area (Å²) in [7, 11) is 1.61. The summed E-state index contributed by atoms with van der Waals surface area (Å²) < 4.78 is 5.18. The molecule has 0 spiro atoms. The van der Waals surface area contributed by atoms with Gasteiger partial charge in [0.2, 0.25) is 5.91 Å². The smallest absolute Gasteiger partial charge is 0.270 e. The Bertz CT molecular complexity index is 880. The molecule has 1 fully saturated rings. The SMILES string of the molecule is COc1ccc(C=C(NC(=O)C=Cc2ccccc2)C(=O)N2CCCCC2)cc1. The molecule has 0 bridgehead atoms. The van der Waals surface area contributed by atoms with E-state index in [-0.39, 0.29) is 17.5 Å². The van der Waals surface area contributed by atoms with Crippen LogP contribution >= 0.6 is 0 Å². The molecule has 5 heteroatoms. The number of rotatable bonds is 6. The lowest BCUT2D eigenvalue weighted by molar-refractivity contribution is -0.129. The molecule has 2 aromatic carbocycles. The van der Waals surface area contributed by atoms with Crippen LogP contribution in [0.1, 0.15) is 30.4 Å². The van der Waals surface area contributed by atoms with Gasteiger partial charge in [-0.25, -0.2) is 0 Å². The molecule has 0 unspecified atom stereocenters. The van der Waals surface area contributed by atoms with Gasteiger partial charge in [-0.05, 0) is 54.7 Å². The first kappa shape index (κ1) is 20.4. The van der Waals surface area contributed by atoms with Crippen molar-refractivity contribution in [1.82, 2.24) is 10.2 Å². The second kappa shape index (κ2) is 10.3. The van der Waals surface area contributed by atoms with Crippen LogP contribution in [0.4, 0.5) is 0 Å². The predicted octanol–water partition coefficient (Wildman–Crippen LogP) is 3.88. The third-order valence-corrected chi connectivity index (χ3v) is 4.79. The van der Waals surface area contributed by atoms with Crippen molar-refractivity contribution in [2.24, 2.45) is 0 Å². The first-order valence-corrected chi connectivity index (χ1v) is 9.85. The average Bonchev–Trinajstić information content (AvgIpc) is 2.78. The largest absolute Gasteiger partial charge is 0.497 e. The fourth-order valence-electron chi connectivity index (χ4n) is 3.20. The molecule has 1 aliphatic heterocycles. The Morgan fingerprint density at radius 1 is 0.931 bits per heavy atom. The molecule has 2 amide bonds. The van der Waals surface area contributed by atoms with Gasteiger partial charge in [0.1, 0.15) is 11.4 Å². The molecule has 1 N–H and O–H groups in total. The van der Waals surface area contributed by atoms with Crippen LogP contribution in [-0.2, 0) is 9.59 Å². The zero-order valence-corrected chi connectivity index (χ0v) is 16.6. The lowest BCUT2D eigenvalue weighted by Gasteiger charge is -2.27. The molecule has 0 radical (unpaired) electrons. The third kappa shape index (κ3) is 6.07. The number of benzene rings is 2. The number of hydrogen-bond acceptors (Lipinski definition) is 3. The summed E-state index contributed by atoms with van der Waals surface area (Å²) in [5.74, 6) is 0.252. The van der Waals surface area contributed by atoms with Crippen molar-refractivity contribution >= 4 is 24.0 Å². The molecule has 1 saturated heterocycles. The second-order valence-electron chi connectivity index (χ2n) is 6.92. The maximum Gasteiger partial charge on any atom is 0.270 e. The topological polar surface area (TPSA) is 58.6 Å². The van der Waals surface area contributed by atoms with Gasteiger partial charge in [-0.1, -0.05) is 42.5 Å². The Kier molecular flexibility index (Phi) is 7.22. The van der Waals surface area contributed by atoms with Crippen LogP contribution in [0, 0.1) is 0 Å². The summed E-state index contributed by atoms with van der Waals surface area (Å²) in [6.07, 6.45) is 8.00. The number of nitrogens with one attached hydrogen (secondary N) is 1. The van der Waals surface area contributed by atoms with E-state index in [0.29, 0.717) is 13.1 Å². The van der Waals surface area contributed by atoms with Crippen LogP contribution < -0.4 is 10.1 Å². The fourth-order valence-corrected chi connectivity index (χ4v) is 3.20. The first-order valence-electron chi connectivity index (χ1n) is 9.85. The van der Waals surface area contributed by atoms with Gasteiger partial charge in [-0.3, -0.25) is 9.59 Å². The van der Waals surface area contributed by atoms with Gasteiger partial charge in [0.05, 0.1) is 7.11 Å². The third-order valence-electron chi connectivity index (χ3n) is 4.79. The number of nitrogens with zero attached hydrogens (tertiary/aromatic N) is 1. The molecule has 1 heterocycles. The van der Waals surface area contributed by atoms with Crippen LogP contribution in [-0.4, -0.2) is 36.9 Å². The molecule has 1 aliphatic rings. The van der Waals surface area contributed by atoms with Gasteiger partial charge < -0.3 is 15.0 Å². The summed E-state index contributed by atoms with van der Waals surface area (Å²) in [4.78, 5) is 27.3. The number of hydrogen-bond donors (Lipinski definition) is 1. The van der Waals surface area contributed by atoms with E-state index in [2.05, 4.69) is 5.32 Å². The van der Waals surface area contributed by atoms with Crippen molar-refractivity contribution in [2.75, 3.05) is 20.2 Å². The average molecular weight is 390 g/mol. The fraction of sp³-hybridized carbons (Fsp3) is 0.250. The highest BCUT2D eigenvalue weighted by Gasteiger charge is 2.21. The van der Waals surface area contributed by atoms with Gasteiger partial charge in [0.25, 0.3) is 5.91 Å². The minimum atomic E-state index is -0.334. The minimum Gasteiger partial charge on any atom is -0.497 e. The number of carbonyl (C=O) groups is 2. The van der Waals surface area contributed by atoms with E-state index in [4.69, 9.17) is 4.74 Å². The molecule has 0 atom stereocenters. The van der Waals surface area contributed by atoms with Crippen LogP contribution in [0.2, 0.25) is 0 Å².